The number of aliphatic carboxylic acids is 1. The van der Waals surface area contributed by atoms with Crippen molar-refractivity contribution in [1.29, 1.82) is 0 Å². The lowest BCUT2D eigenvalue weighted by Crippen LogP contribution is -2.40. The van der Waals surface area contributed by atoms with E-state index in [0.717, 1.165) is 114 Å². The van der Waals surface area contributed by atoms with Gasteiger partial charge in [0.15, 0.2) is 5.78 Å². The highest BCUT2D eigenvalue weighted by atomic mass is 16.4. The number of carboxylic acids is 1. The standard InChI is InChI=1S/C49H83N3O6/c1-5-9-11-13-14-15-16-17-18-22-25-29-33-44(48(55)56)51-47(54)34-30-26-23-20-19-21-24-28-32-41(31-27-12-10-6-2)50-39-45(53)43-37-40-35-36-42(52(7-3)8-4)38-46(40)58-49(43)57/h35-38,41,44,50H,5-34,39H2,1-4H3,(H,51,54)(H,55,56). The number of ketones is 1. The Labute approximate surface area is 352 Å². The molecule has 1 aromatic carbocycles. The second-order valence-electron chi connectivity index (χ2n) is 16.7. The van der Waals surface area contributed by atoms with E-state index < -0.39 is 17.6 Å². The van der Waals surface area contributed by atoms with Gasteiger partial charge in [-0.3, -0.25) is 9.59 Å². The molecule has 2 unspecified atom stereocenters. The third-order valence-electron chi connectivity index (χ3n) is 11.8. The number of unbranched alkanes of at least 4 members (excludes halogenated alkanes) is 21. The van der Waals surface area contributed by atoms with Crippen molar-refractivity contribution in [1.82, 2.24) is 10.6 Å². The van der Waals surface area contributed by atoms with E-state index in [0.29, 0.717) is 18.4 Å². The fraction of sp³-hybridized carbons (Fsp3) is 0.755. The Morgan fingerprint density at radius 3 is 1.64 bits per heavy atom. The molecule has 1 heterocycles. The molecule has 0 spiro atoms. The van der Waals surface area contributed by atoms with Crippen molar-refractivity contribution in [2.24, 2.45) is 0 Å². The third kappa shape index (κ3) is 22.2. The molecule has 0 saturated heterocycles. The maximum atomic E-state index is 13.2. The number of anilines is 1. The molecule has 0 aliphatic carbocycles. The molecule has 2 rings (SSSR count). The number of carboxylic acid groups (broad SMARTS) is 1. The summed E-state index contributed by atoms with van der Waals surface area (Å²) in [5.74, 6) is -1.30. The van der Waals surface area contributed by atoms with Crippen LogP contribution in [0.25, 0.3) is 11.0 Å². The Balaban J connectivity index is 1.61. The topological polar surface area (TPSA) is 129 Å². The minimum Gasteiger partial charge on any atom is -0.480 e. The van der Waals surface area contributed by atoms with Gasteiger partial charge >= 0.3 is 11.6 Å². The number of hydrogen-bond acceptors (Lipinski definition) is 7. The van der Waals surface area contributed by atoms with Gasteiger partial charge in [0.25, 0.3) is 0 Å². The summed E-state index contributed by atoms with van der Waals surface area (Å²) in [4.78, 5) is 52.5. The highest BCUT2D eigenvalue weighted by Crippen LogP contribution is 2.22. The summed E-state index contributed by atoms with van der Waals surface area (Å²) >= 11 is 0. The molecule has 330 valence electrons. The van der Waals surface area contributed by atoms with Crippen LogP contribution in [0, 0.1) is 0 Å². The molecule has 3 N–H and O–H groups in total. The van der Waals surface area contributed by atoms with Crippen molar-refractivity contribution in [3.63, 3.8) is 0 Å². The lowest BCUT2D eigenvalue weighted by molar-refractivity contribution is -0.142. The summed E-state index contributed by atoms with van der Waals surface area (Å²) in [5.41, 5.74) is 1.03. The molecule has 0 aliphatic rings. The van der Waals surface area contributed by atoms with Crippen LogP contribution in [0.2, 0.25) is 0 Å². The molecular weight excluding hydrogens is 727 g/mol. The molecule has 0 radical (unpaired) electrons. The number of hydrogen-bond donors (Lipinski definition) is 3. The van der Waals surface area contributed by atoms with Gasteiger partial charge in [0, 0.05) is 42.7 Å². The summed E-state index contributed by atoms with van der Waals surface area (Å²) in [7, 11) is 0. The van der Waals surface area contributed by atoms with Crippen LogP contribution in [0.3, 0.4) is 0 Å². The molecule has 0 aliphatic heterocycles. The first-order valence-corrected chi connectivity index (χ1v) is 23.8. The van der Waals surface area contributed by atoms with Gasteiger partial charge in [0.05, 0.1) is 6.54 Å². The predicted octanol–water partition coefficient (Wildman–Crippen LogP) is 12.3. The van der Waals surface area contributed by atoms with Crippen molar-refractivity contribution < 1.29 is 23.9 Å². The number of Topliss-reactive ketones (excluding diaryl/α,β-unsaturated/α-hetero) is 1. The molecule has 0 bridgehead atoms. The maximum Gasteiger partial charge on any atom is 0.347 e. The van der Waals surface area contributed by atoms with Gasteiger partial charge in [-0.05, 0) is 57.7 Å². The van der Waals surface area contributed by atoms with E-state index in [1.54, 1.807) is 6.07 Å². The number of nitrogens with zero attached hydrogens (tertiary/aromatic N) is 1. The quantitative estimate of drug-likeness (QED) is 0.0347. The van der Waals surface area contributed by atoms with Gasteiger partial charge in [0.1, 0.15) is 17.2 Å². The minimum atomic E-state index is -0.928. The Bertz CT molecular complexity index is 1450. The van der Waals surface area contributed by atoms with Crippen molar-refractivity contribution in [2.45, 2.75) is 220 Å². The molecule has 9 heteroatoms. The zero-order chi connectivity index (χ0) is 42.2. The molecule has 58 heavy (non-hydrogen) atoms. The number of amides is 1. The number of rotatable bonds is 38. The van der Waals surface area contributed by atoms with Gasteiger partial charge in [-0.2, -0.15) is 0 Å². The average Bonchev–Trinajstić information content (AvgIpc) is 3.21. The molecule has 1 amide bonds. The fourth-order valence-corrected chi connectivity index (χ4v) is 8.03. The Morgan fingerprint density at radius 1 is 0.638 bits per heavy atom. The molecule has 2 aromatic rings. The summed E-state index contributed by atoms with van der Waals surface area (Å²) in [6.07, 6.45) is 31.1. The number of carbonyl (C=O) groups excluding carboxylic acids is 2. The Hall–Kier alpha value is -3.20. The van der Waals surface area contributed by atoms with Crippen LogP contribution in [0.5, 0.6) is 0 Å². The molecule has 2 atom stereocenters. The van der Waals surface area contributed by atoms with Crippen LogP contribution < -0.4 is 21.2 Å². The van der Waals surface area contributed by atoms with Gasteiger partial charge in [0.2, 0.25) is 5.91 Å². The Morgan fingerprint density at radius 2 is 1.12 bits per heavy atom. The molecule has 0 saturated carbocycles. The lowest BCUT2D eigenvalue weighted by Gasteiger charge is -2.21. The normalized spacial score (nSPS) is 12.5. The van der Waals surface area contributed by atoms with Crippen molar-refractivity contribution in [3.8, 4) is 0 Å². The van der Waals surface area contributed by atoms with Gasteiger partial charge < -0.3 is 25.1 Å². The van der Waals surface area contributed by atoms with Crippen LogP contribution in [-0.2, 0) is 9.59 Å². The monoisotopic (exact) mass is 810 g/mol. The van der Waals surface area contributed by atoms with Crippen molar-refractivity contribution in [3.05, 3.63) is 40.2 Å². The summed E-state index contributed by atoms with van der Waals surface area (Å²) in [5, 5.41) is 16.6. The van der Waals surface area contributed by atoms with Crippen molar-refractivity contribution in [2.75, 3.05) is 24.5 Å². The van der Waals surface area contributed by atoms with Gasteiger partial charge in [-0.1, -0.05) is 162 Å². The average molecular weight is 810 g/mol. The smallest absolute Gasteiger partial charge is 0.347 e. The first-order valence-electron chi connectivity index (χ1n) is 23.8. The number of fused-ring (bicyclic) bond motifs is 1. The summed E-state index contributed by atoms with van der Waals surface area (Å²) in [6, 6.07) is 6.95. The maximum absolute atomic E-state index is 13.2. The van der Waals surface area contributed by atoms with Crippen LogP contribution in [0.15, 0.2) is 33.5 Å². The number of benzene rings is 1. The first kappa shape index (κ1) is 50.9. The number of nitrogens with one attached hydrogen (secondary N) is 2. The van der Waals surface area contributed by atoms with Crippen LogP contribution in [-0.4, -0.2) is 54.5 Å². The molecule has 9 nitrogen and oxygen atoms in total. The highest BCUT2D eigenvalue weighted by molar-refractivity contribution is 5.99. The van der Waals surface area contributed by atoms with E-state index in [1.807, 2.05) is 18.2 Å². The molecular formula is C49H83N3O6. The minimum absolute atomic E-state index is 0.107. The zero-order valence-corrected chi connectivity index (χ0v) is 37.3. The van der Waals surface area contributed by atoms with Gasteiger partial charge in [-0.15, -0.1) is 0 Å². The zero-order valence-electron chi connectivity index (χ0n) is 37.3. The van der Waals surface area contributed by atoms with Crippen LogP contribution in [0.1, 0.15) is 218 Å². The van der Waals surface area contributed by atoms with E-state index >= 15 is 0 Å². The Kier molecular flexibility index (Phi) is 28.7. The second kappa shape index (κ2) is 32.6. The lowest BCUT2D eigenvalue weighted by atomic mass is 9.99. The summed E-state index contributed by atoms with van der Waals surface area (Å²) < 4.78 is 5.63. The van der Waals surface area contributed by atoms with Crippen molar-refractivity contribution >= 4 is 34.3 Å². The SMILES string of the molecule is CCCCCCCCCCCCCCC(NC(=O)CCCCCCCCCCC(CCCCCC)NCC(=O)c1cc2ccc(N(CC)CC)cc2oc1=O)C(=O)O. The van der Waals surface area contributed by atoms with Crippen LogP contribution >= 0.6 is 0 Å². The van der Waals surface area contributed by atoms with E-state index in [4.69, 9.17) is 4.42 Å². The van der Waals surface area contributed by atoms with Gasteiger partial charge in [-0.25, -0.2) is 9.59 Å². The predicted molar refractivity (Wildman–Crippen MR) is 242 cm³/mol. The number of carbonyl (C=O) groups is 3. The first-order chi connectivity index (χ1) is 28.2. The second-order valence-corrected chi connectivity index (χ2v) is 16.7. The third-order valence-corrected chi connectivity index (χ3v) is 11.8. The largest absolute Gasteiger partial charge is 0.480 e. The summed E-state index contributed by atoms with van der Waals surface area (Å²) in [6.45, 7) is 10.5. The van der Waals surface area contributed by atoms with Crippen LogP contribution in [0.4, 0.5) is 5.69 Å². The molecule has 0 fully saturated rings. The van der Waals surface area contributed by atoms with E-state index in [1.165, 1.54) is 77.0 Å². The van der Waals surface area contributed by atoms with E-state index in [-0.39, 0.29) is 29.8 Å². The van der Waals surface area contributed by atoms with E-state index in [9.17, 15) is 24.3 Å². The fourth-order valence-electron chi connectivity index (χ4n) is 8.03. The van der Waals surface area contributed by atoms with E-state index in [2.05, 4.69) is 43.2 Å². The highest BCUT2D eigenvalue weighted by Gasteiger charge is 2.20. The molecule has 1 aromatic heterocycles.